The highest BCUT2D eigenvalue weighted by Crippen LogP contribution is 2.29. The Balaban J connectivity index is 2.31. The first-order valence-electron chi connectivity index (χ1n) is 7.43. The lowest BCUT2D eigenvalue weighted by atomic mass is 10.0. The normalized spacial score (nSPS) is 14.8. The van der Waals surface area contributed by atoms with Gasteiger partial charge in [0.15, 0.2) is 0 Å². The zero-order valence-corrected chi connectivity index (χ0v) is 13.8. The van der Waals surface area contributed by atoms with Crippen molar-refractivity contribution in [3.05, 3.63) is 28.3 Å². The van der Waals surface area contributed by atoms with Crippen LogP contribution in [-0.2, 0) is 22.4 Å². The van der Waals surface area contributed by atoms with Gasteiger partial charge in [-0.15, -0.1) is 0 Å². The second-order valence-electron chi connectivity index (χ2n) is 5.19. The zero-order valence-electron chi connectivity index (χ0n) is 13.1. The fraction of sp³-hybridized carbons (Fsp3) is 0.438. The first-order valence-corrected chi connectivity index (χ1v) is 7.81. The minimum absolute atomic E-state index is 0.0807. The summed E-state index contributed by atoms with van der Waals surface area (Å²) in [6.45, 7) is 4.03. The van der Waals surface area contributed by atoms with Crippen molar-refractivity contribution < 1.29 is 9.59 Å². The Labute approximate surface area is 135 Å². The number of amides is 2. The second-order valence-corrected chi connectivity index (χ2v) is 5.59. The predicted octanol–water partition coefficient (Wildman–Crippen LogP) is 3.01. The van der Waals surface area contributed by atoms with Crippen molar-refractivity contribution in [2.45, 2.75) is 39.5 Å². The van der Waals surface area contributed by atoms with Gasteiger partial charge >= 0.3 is 0 Å². The van der Waals surface area contributed by atoms with Crippen LogP contribution in [0.1, 0.15) is 37.8 Å². The summed E-state index contributed by atoms with van der Waals surface area (Å²) in [5.41, 5.74) is 3.10. The molecule has 0 bridgehead atoms. The Hall–Kier alpha value is -1.88. The number of aryl methyl sites for hydroxylation is 1. The van der Waals surface area contributed by atoms with Crippen LogP contribution in [0.25, 0.3) is 0 Å². The molecule has 0 fully saturated rings. The van der Waals surface area contributed by atoms with Crippen LogP contribution in [0, 0.1) is 0 Å². The molecule has 0 unspecified atom stereocenters. The average molecular weight is 322 g/mol. The Kier molecular flexibility index (Phi) is 5.19. The van der Waals surface area contributed by atoms with E-state index in [2.05, 4.69) is 10.4 Å². The molecule has 0 saturated heterocycles. The molecule has 0 atom stereocenters. The van der Waals surface area contributed by atoms with Gasteiger partial charge in [-0.25, -0.2) is 5.01 Å². The van der Waals surface area contributed by atoms with Crippen LogP contribution >= 0.6 is 11.6 Å². The number of rotatable bonds is 4. The minimum atomic E-state index is -0.272. The van der Waals surface area contributed by atoms with E-state index in [1.54, 1.807) is 7.05 Å². The van der Waals surface area contributed by atoms with Gasteiger partial charge < -0.3 is 5.32 Å². The van der Waals surface area contributed by atoms with E-state index in [4.69, 9.17) is 11.6 Å². The maximum Gasteiger partial charge on any atom is 0.271 e. The van der Waals surface area contributed by atoms with E-state index in [0.717, 1.165) is 29.7 Å². The largest absolute Gasteiger partial charge is 0.320 e. The van der Waals surface area contributed by atoms with Crippen LogP contribution in [-0.4, -0.2) is 29.6 Å². The van der Waals surface area contributed by atoms with Gasteiger partial charge in [0.2, 0.25) is 5.91 Å². The summed E-state index contributed by atoms with van der Waals surface area (Å²) in [5.74, 6) is -0.353. The number of benzene rings is 1. The molecule has 1 aromatic carbocycles. The van der Waals surface area contributed by atoms with Crippen molar-refractivity contribution in [1.29, 1.82) is 0 Å². The highest BCUT2D eigenvalue weighted by molar-refractivity contribution is 6.44. The molecule has 0 aliphatic carbocycles. The van der Waals surface area contributed by atoms with Gasteiger partial charge in [0.25, 0.3) is 5.91 Å². The maximum absolute atomic E-state index is 12.4. The van der Waals surface area contributed by atoms with E-state index in [1.807, 2.05) is 26.0 Å². The number of halogens is 1. The third-order valence-electron chi connectivity index (χ3n) is 3.78. The summed E-state index contributed by atoms with van der Waals surface area (Å²) in [7, 11) is 1.56. The monoisotopic (exact) mass is 321 g/mol. The molecule has 2 amide bonds. The van der Waals surface area contributed by atoms with Crippen LogP contribution in [0.15, 0.2) is 17.2 Å². The molecule has 0 saturated carbocycles. The Morgan fingerprint density at radius 3 is 2.64 bits per heavy atom. The number of anilines is 1. The molecule has 0 aromatic heterocycles. The van der Waals surface area contributed by atoms with Gasteiger partial charge in [0.05, 0.1) is 0 Å². The standard InChI is InChI=1S/C16H20ClN3O2/c1-4-10-6-7-12(17)11(5-2)15(10)18-16(22)13-8-9-14(21)20(3)19-13/h6-7H,4-5,8-9H2,1-3H3,(H,18,22). The van der Waals surface area contributed by atoms with Crippen molar-refractivity contribution in [2.24, 2.45) is 5.10 Å². The number of carbonyl (C=O) groups is 2. The molecule has 1 N–H and O–H groups in total. The third-order valence-corrected chi connectivity index (χ3v) is 4.14. The predicted molar refractivity (Wildman–Crippen MR) is 88.3 cm³/mol. The van der Waals surface area contributed by atoms with Gasteiger partial charge in [-0.1, -0.05) is 31.5 Å². The smallest absolute Gasteiger partial charge is 0.271 e. The van der Waals surface area contributed by atoms with Crippen molar-refractivity contribution in [3.8, 4) is 0 Å². The Bertz CT molecular complexity index is 641. The van der Waals surface area contributed by atoms with Crippen molar-refractivity contribution in [3.63, 3.8) is 0 Å². The summed E-state index contributed by atoms with van der Waals surface area (Å²) < 4.78 is 0. The van der Waals surface area contributed by atoms with E-state index in [0.29, 0.717) is 23.6 Å². The van der Waals surface area contributed by atoms with Gasteiger partial charge in [-0.05, 0) is 30.0 Å². The first kappa shape index (κ1) is 16.5. The van der Waals surface area contributed by atoms with Crippen LogP contribution < -0.4 is 5.32 Å². The first-order chi connectivity index (χ1) is 10.5. The molecule has 118 valence electrons. The molecule has 0 radical (unpaired) electrons. The highest BCUT2D eigenvalue weighted by Gasteiger charge is 2.23. The molecule has 1 heterocycles. The molecule has 5 nitrogen and oxygen atoms in total. The number of hydrogen-bond donors (Lipinski definition) is 1. The molecule has 1 aromatic rings. The Morgan fingerprint density at radius 1 is 1.32 bits per heavy atom. The van der Waals surface area contributed by atoms with Crippen LogP contribution in [0.2, 0.25) is 5.02 Å². The van der Waals surface area contributed by atoms with E-state index < -0.39 is 0 Å². The number of hydrazone groups is 1. The Morgan fingerprint density at radius 2 is 2.05 bits per heavy atom. The second kappa shape index (κ2) is 6.92. The molecule has 2 rings (SSSR count). The van der Waals surface area contributed by atoms with E-state index in [1.165, 1.54) is 5.01 Å². The van der Waals surface area contributed by atoms with Gasteiger partial charge in [0.1, 0.15) is 5.71 Å². The number of hydrogen-bond acceptors (Lipinski definition) is 3. The molecular weight excluding hydrogens is 302 g/mol. The summed E-state index contributed by atoms with van der Waals surface area (Å²) in [4.78, 5) is 23.9. The van der Waals surface area contributed by atoms with Crippen LogP contribution in [0.4, 0.5) is 5.69 Å². The maximum atomic E-state index is 12.4. The van der Waals surface area contributed by atoms with E-state index in [-0.39, 0.29) is 11.8 Å². The SMILES string of the molecule is CCc1ccc(Cl)c(CC)c1NC(=O)C1=NN(C)C(=O)CC1. The quantitative estimate of drug-likeness (QED) is 0.926. The lowest BCUT2D eigenvalue weighted by Gasteiger charge is -2.20. The molecule has 6 heteroatoms. The summed E-state index contributed by atoms with van der Waals surface area (Å²) in [6.07, 6.45) is 2.19. The van der Waals surface area contributed by atoms with Gasteiger partial charge in [-0.3, -0.25) is 9.59 Å². The minimum Gasteiger partial charge on any atom is -0.320 e. The fourth-order valence-corrected chi connectivity index (χ4v) is 2.78. The highest BCUT2D eigenvalue weighted by atomic mass is 35.5. The third kappa shape index (κ3) is 3.30. The molecule has 1 aliphatic heterocycles. The number of nitrogens with one attached hydrogen (secondary N) is 1. The summed E-state index contributed by atoms with van der Waals surface area (Å²) in [5, 5.41) is 8.85. The fourth-order valence-electron chi connectivity index (χ4n) is 2.49. The van der Waals surface area contributed by atoms with Crippen molar-refractivity contribution in [1.82, 2.24) is 5.01 Å². The van der Waals surface area contributed by atoms with E-state index >= 15 is 0 Å². The molecule has 0 spiro atoms. The van der Waals surface area contributed by atoms with Gasteiger partial charge in [0, 0.05) is 30.6 Å². The zero-order chi connectivity index (χ0) is 16.3. The molecule has 22 heavy (non-hydrogen) atoms. The van der Waals surface area contributed by atoms with Crippen molar-refractivity contribution >= 4 is 34.8 Å². The number of carbonyl (C=O) groups excluding carboxylic acids is 2. The topological polar surface area (TPSA) is 61.8 Å². The lowest BCUT2D eigenvalue weighted by Crippen LogP contribution is -2.34. The van der Waals surface area contributed by atoms with E-state index in [9.17, 15) is 9.59 Å². The van der Waals surface area contributed by atoms with Crippen LogP contribution in [0.3, 0.4) is 0 Å². The van der Waals surface area contributed by atoms with Gasteiger partial charge in [-0.2, -0.15) is 5.10 Å². The summed E-state index contributed by atoms with van der Waals surface area (Å²) >= 11 is 6.24. The lowest BCUT2D eigenvalue weighted by molar-refractivity contribution is -0.130. The average Bonchev–Trinajstić information content (AvgIpc) is 2.50. The number of nitrogens with zero attached hydrogens (tertiary/aromatic N) is 2. The molecular formula is C16H20ClN3O2. The van der Waals surface area contributed by atoms with Crippen LogP contribution in [0.5, 0.6) is 0 Å². The molecule has 1 aliphatic rings. The van der Waals surface area contributed by atoms with Crippen molar-refractivity contribution in [2.75, 3.05) is 12.4 Å². The summed E-state index contributed by atoms with van der Waals surface area (Å²) in [6, 6.07) is 3.79.